The molecule has 3 nitrogen and oxygen atoms in total. The number of ether oxygens (including phenoxy) is 1. The van der Waals surface area contributed by atoms with Crippen molar-refractivity contribution in [2.45, 2.75) is 37.1 Å². The van der Waals surface area contributed by atoms with Crippen LogP contribution in [-0.2, 0) is 0 Å². The number of thioether (sulfide) groups is 1. The third-order valence-electron chi connectivity index (χ3n) is 3.95. The predicted octanol–water partition coefficient (Wildman–Crippen LogP) is 3.47. The fraction of sp³-hybridized carbons (Fsp3) is 0.562. The lowest BCUT2D eigenvalue weighted by atomic mass is 10.1. The summed E-state index contributed by atoms with van der Waals surface area (Å²) in [5.74, 6) is 1.97. The summed E-state index contributed by atoms with van der Waals surface area (Å²) in [6.45, 7) is 2.81. The molecule has 1 aliphatic heterocycles. The highest BCUT2D eigenvalue weighted by atomic mass is 32.2. The van der Waals surface area contributed by atoms with Crippen LogP contribution in [0, 0.1) is 0 Å². The molecule has 2 rings (SSSR count). The molecule has 0 spiro atoms. The number of benzene rings is 1. The van der Waals surface area contributed by atoms with E-state index in [1.165, 1.54) is 25.8 Å². The number of ketones is 1. The summed E-state index contributed by atoms with van der Waals surface area (Å²) < 4.78 is 5.40. The van der Waals surface area contributed by atoms with Crippen molar-refractivity contribution < 1.29 is 9.53 Å². The molecule has 110 valence electrons. The summed E-state index contributed by atoms with van der Waals surface area (Å²) in [7, 11) is 3.87. The minimum Gasteiger partial charge on any atom is -0.496 e. The highest BCUT2D eigenvalue weighted by Crippen LogP contribution is 2.32. The molecule has 0 saturated carbocycles. The van der Waals surface area contributed by atoms with Gasteiger partial charge in [-0.25, -0.2) is 0 Å². The first-order valence-corrected chi connectivity index (χ1v) is 8.12. The van der Waals surface area contributed by atoms with E-state index in [9.17, 15) is 4.79 Å². The van der Waals surface area contributed by atoms with Crippen LogP contribution in [0.5, 0.6) is 5.75 Å². The highest BCUT2D eigenvalue weighted by molar-refractivity contribution is 7.99. The summed E-state index contributed by atoms with van der Waals surface area (Å²) in [5.41, 5.74) is 0.710. The van der Waals surface area contributed by atoms with Gasteiger partial charge in [-0.05, 0) is 57.7 Å². The quantitative estimate of drug-likeness (QED) is 0.593. The fourth-order valence-electron chi connectivity index (χ4n) is 2.65. The topological polar surface area (TPSA) is 29.5 Å². The fourth-order valence-corrected chi connectivity index (χ4v) is 3.71. The standard InChI is InChI=1S/C16H23NO2S/c1-12(18)13-6-7-16(15(11-13)19-3)20-10-8-14-5-4-9-17(14)2/h6-7,11,14H,4-5,8-10H2,1-3H3/t14-/m1/s1. The molecule has 0 amide bonds. The van der Waals surface area contributed by atoms with Crippen LogP contribution in [-0.4, -0.2) is 43.2 Å². The van der Waals surface area contributed by atoms with Gasteiger partial charge in [0, 0.05) is 16.5 Å². The Balaban J connectivity index is 1.93. The molecule has 0 bridgehead atoms. The average Bonchev–Trinajstić information content (AvgIpc) is 2.84. The molecule has 1 aromatic rings. The van der Waals surface area contributed by atoms with E-state index in [0.29, 0.717) is 5.56 Å². The van der Waals surface area contributed by atoms with Crippen LogP contribution in [0.4, 0.5) is 0 Å². The van der Waals surface area contributed by atoms with Gasteiger partial charge in [0.15, 0.2) is 5.78 Å². The maximum absolute atomic E-state index is 11.4. The van der Waals surface area contributed by atoms with Crippen LogP contribution >= 0.6 is 11.8 Å². The van der Waals surface area contributed by atoms with E-state index in [1.807, 2.05) is 30.0 Å². The number of nitrogens with zero attached hydrogens (tertiary/aromatic N) is 1. The van der Waals surface area contributed by atoms with Gasteiger partial charge in [0.25, 0.3) is 0 Å². The van der Waals surface area contributed by atoms with Crippen LogP contribution < -0.4 is 4.74 Å². The van der Waals surface area contributed by atoms with Crippen molar-refractivity contribution >= 4 is 17.5 Å². The molecule has 0 aromatic heterocycles. The molecule has 1 atom stereocenters. The minimum atomic E-state index is 0.0763. The van der Waals surface area contributed by atoms with Gasteiger partial charge in [0.1, 0.15) is 5.75 Å². The molecule has 1 fully saturated rings. The van der Waals surface area contributed by atoms with Crippen molar-refractivity contribution in [3.8, 4) is 5.75 Å². The Labute approximate surface area is 125 Å². The van der Waals surface area contributed by atoms with Gasteiger partial charge in [-0.3, -0.25) is 4.79 Å². The molecule has 1 aromatic carbocycles. The molecule has 0 N–H and O–H groups in total. The van der Waals surface area contributed by atoms with Gasteiger partial charge in [0.2, 0.25) is 0 Å². The van der Waals surface area contributed by atoms with E-state index in [1.54, 1.807) is 14.0 Å². The zero-order valence-corrected chi connectivity index (χ0v) is 13.3. The molecular formula is C16H23NO2S. The third-order valence-corrected chi connectivity index (χ3v) is 5.04. The van der Waals surface area contributed by atoms with Crippen molar-refractivity contribution in [3.63, 3.8) is 0 Å². The number of methoxy groups -OCH3 is 1. The van der Waals surface area contributed by atoms with Gasteiger partial charge in [-0.1, -0.05) is 6.07 Å². The predicted molar refractivity (Wildman–Crippen MR) is 84.0 cm³/mol. The second-order valence-electron chi connectivity index (χ2n) is 5.34. The Morgan fingerprint density at radius 1 is 1.50 bits per heavy atom. The first-order chi connectivity index (χ1) is 9.61. The Morgan fingerprint density at radius 2 is 2.30 bits per heavy atom. The zero-order chi connectivity index (χ0) is 14.5. The molecule has 1 saturated heterocycles. The van der Waals surface area contributed by atoms with Crippen LogP contribution in [0.2, 0.25) is 0 Å². The first kappa shape index (κ1) is 15.4. The molecule has 0 unspecified atom stereocenters. The smallest absolute Gasteiger partial charge is 0.159 e. The van der Waals surface area contributed by atoms with Gasteiger partial charge >= 0.3 is 0 Å². The average molecular weight is 293 g/mol. The number of Topliss-reactive ketones (excluding diaryl/α,β-unsaturated/α-hetero) is 1. The number of rotatable bonds is 6. The SMILES string of the molecule is COc1cc(C(C)=O)ccc1SCC[C@H]1CCCN1C. The van der Waals surface area contributed by atoms with Crippen molar-refractivity contribution in [2.24, 2.45) is 0 Å². The van der Waals surface area contributed by atoms with E-state index in [2.05, 4.69) is 11.9 Å². The highest BCUT2D eigenvalue weighted by Gasteiger charge is 2.20. The third kappa shape index (κ3) is 3.76. The normalized spacial score (nSPS) is 19.2. The maximum Gasteiger partial charge on any atom is 0.159 e. The Bertz CT molecular complexity index is 476. The second-order valence-corrected chi connectivity index (χ2v) is 6.47. The van der Waals surface area contributed by atoms with E-state index in [-0.39, 0.29) is 5.78 Å². The van der Waals surface area contributed by atoms with E-state index in [4.69, 9.17) is 4.74 Å². The molecule has 0 aliphatic carbocycles. The van der Waals surface area contributed by atoms with Gasteiger partial charge in [-0.15, -0.1) is 11.8 Å². The largest absolute Gasteiger partial charge is 0.496 e. The van der Waals surface area contributed by atoms with Crippen molar-refractivity contribution in [1.29, 1.82) is 0 Å². The number of hydrogen-bond donors (Lipinski definition) is 0. The summed E-state index contributed by atoms with van der Waals surface area (Å²) in [5, 5.41) is 0. The summed E-state index contributed by atoms with van der Waals surface area (Å²) in [4.78, 5) is 15.0. The molecule has 1 aliphatic rings. The Hall–Kier alpha value is -1.00. The van der Waals surface area contributed by atoms with Crippen LogP contribution in [0.15, 0.2) is 23.1 Å². The van der Waals surface area contributed by atoms with E-state index < -0.39 is 0 Å². The molecule has 4 heteroatoms. The van der Waals surface area contributed by atoms with Gasteiger partial charge in [0.05, 0.1) is 7.11 Å². The lowest BCUT2D eigenvalue weighted by Gasteiger charge is -2.19. The summed E-state index contributed by atoms with van der Waals surface area (Å²) in [6, 6.07) is 6.45. The molecule has 0 radical (unpaired) electrons. The molecule has 20 heavy (non-hydrogen) atoms. The van der Waals surface area contributed by atoms with Crippen LogP contribution in [0.25, 0.3) is 0 Å². The lowest BCUT2D eigenvalue weighted by Crippen LogP contribution is -2.25. The second kappa shape index (κ2) is 7.14. The number of likely N-dealkylation sites (tertiary alicyclic amines) is 1. The first-order valence-electron chi connectivity index (χ1n) is 7.14. The number of carbonyl (C=O) groups excluding carboxylic acids is 1. The summed E-state index contributed by atoms with van der Waals surface area (Å²) >= 11 is 1.82. The molecule has 1 heterocycles. The molecular weight excluding hydrogens is 270 g/mol. The van der Waals surface area contributed by atoms with Gasteiger partial charge in [-0.2, -0.15) is 0 Å². The van der Waals surface area contributed by atoms with Crippen molar-refractivity contribution in [2.75, 3.05) is 26.5 Å². The van der Waals surface area contributed by atoms with Crippen molar-refractivity contribution in [3.05, 3.63) is 23.8 Å². The summed E-state index contributed by atoms with van der Waals surface area (Å²) in [6.07, 6.45) is 3.85. The minimum absolute atomic E-state index is 0.0763. The van der Waals surface area contributed by atoms with Crippen LogP contribution in [0.1, 0.15) is 36.5 Å². The van der Waals surface area contributed by atoms with E-state index in [0.717, 1.165) is 22.4 Å². The zero-order valence-electron chi connectivity index (χ0n) is 12.5. The monoisotopic (exact) mass is 293 g/mol. The Kier molecular flexibility index (Phi) is 5.49. The lowest BCUT2D eigenvalue weighted by molar-refractivity contribution is 0.101. The number of carbonyl (C=O) groups is 1. The van der Waals surface area contributed by atoms with Crippen molar-refractivity contribution in [1.82, 2.24) is 4.90 Å². The number of hydrogen-bond acceptors (Lipinski definition) is 4. The maximum atomic E-state index is 11.4. The Morgan fingerprint density at radius 3 is 2.90 bits per heavy atom. The van der Waals surface area contributed by atoms with Crippen LogP contribution in [0.3, 0.4) is 0 Å². The van der Waals surface area contributed by atoms with Gasteiger partial charge < -0.3 is 9.64 Å². The van der Waals surface area contributed by atoms with E-state index >= 15 is 0 Å².